The number of sulfonamides is 1. The molecule has 0 fully saturated rings. The lowest BCUT2D eigenvalue weighted by atomic mass is 10.0. The van der Waals surface area contributed by atoms with Gasteiger partial charge in [0.05, 0.1) is 17.7 Å². The van der Waals surface area contributed by atoms with Crippen molar-refractivity contribution >= 4 is 27.5 Å². The number of rotatable bonds is 12. The Morgan fingerprint density at radius 2 is 1.45 bits per heavy atom. The molecule has 0 heterocycles. The summed E-state index contributed by atoms with van der Waals surface area (Å²) in [4.78, 5) is 28.7. The third kappa shape index (κ3) is 6.95. The van der Waals surface area contributed by atoms with Crippen LogP contribution in [0, 0.1) is 5.82 Å². The highest BCUT2D eigenvalue weighted by Crippen LogP contribution is 2.32. The van der Waals surface area contributed by atoms with Gasteiger partial charge in [0.15, 0.2) is 0 Å². The maximum Gasteiger partial charge on any atom is 0.264 e. The van der Waals surface area contributed by atoms with Crippen LogP contribution >= 0.6 is 0 Å². The number of nitrogens with one attached hydrogen (secondary N) is 1. The largest absolute Gasteiger partial charge is 0.495 e. The zero-order valence-corrected chi connectivity index (χ0v) is 24.1. The van der Waals surface area contributed by atoms with Crippen LogP contribution in [0.4, 0.5) is 10.1 Å². The van der Waals surface area contributed by atoms with E-state index in [9.17, 15) is 22.4 Å². The van der Waals surface area contributed by atoms with Gasteiger partial charge in [0.2, 0.25) is 11.8 Å². The van der Waals surface area contributed by atoms with Crippen molar-refractivity contribution in [2.75, 3.05) is 25.0 Å². The van der Waals surface area contributed by atoms with Gasteiger partial charge < -0.3 is 15.0 Å². The van der Waals surface area contributed by atoms with Gasteiger partial charge in [0, 0.05) is 25.6 Å². The standard InChI is InChI=1S/C32H32FN3O5S/c1-34-32(38)29(21-24-13-5-3-6-14-24)35(22-25-15-9-10-18-27(25)33)31(37)23-36(28-19-11-12-20-30(28)41-2)42(39,40)26-16-7-4-8-17-26/h3-20,29H,21-23H2,1-2H3,(H,34,38)/t29-/m1/s1. The van der Waals surface area contributed by atoms with E-state index in [0.29, 0.717) is 0 Å². The molecule has 0 aromatic heterocycles. The lowest BCUT2D eigenvalue weighted by Crippen LogP contribution is -2.53. The Morgan fingerprint density at radius 3 is 2.10 bits per heavy atom. The predicted molar refractivity (Wildman–Crippen MR) is 159 cm³/mol. The number of para-hydroxylation sites is 2. The molecular formula is C32H32FN3O5S. The first-order valence-electron chi connectivity index (χ1n) is 13.3. The van der Waals surface area contributed by atoms with Crippen LogP contribution in [0.1, 0.15) is 11.1 Å². The molecular weight excluding hydrogens is 557 g/mol. The van der Waals surface area contributed by atoms with Gasteiger partial charge in [-0.3, -0.25) is 13.9 Å². The molecule has 1 N–H and O–H groups in total. The lowest BCUT2D eigenvalue weighted by Gasteiger charge is -2.34. The van der Waals surface area contributed by atoms with Gasteiger partial charge in [-0.2, -0.15) is 0 Å². The van der Waals surface area contributed by atoms with Crippen molar-refractivity contribution in [3.05, 3.63) is 126 Å². The average molecular weight is 590 g/mol. The van der Waals surface area contributed by atoms with Crippen molar-refractivity contribution in [2.24, 2.45) is 0 Å². The molecule has 4 aromatic carbocycles. The first kappa shape index (κ1) is 30.3. The highest BCUT2D eigenvalue weighted by atomic mass is 32.2. The first-order valence-corrected chi connectivity index (χ1v) is 14.7. The van der Waals surface area contributed by atoms with E-state index < -0.39 is 40.2 Å². The molecule has 0 unspecified atom stereocenters. The number of ether oxygens (including phenoxy) is 1. The number of carbonyl (C=O) groups excluding carboxylic acids is 2. The summed E-state index contributed by atoms with van der Waals surface area (Å²) in [6, 6.07) is 28.2. The Kier molecular flexibility index (Phi) is 9.93. The second-order valence-corrected chi connectivity index (χ2v) is 11.3. The minimum absolute atomic E-state index is 0.0310. The van der Waals surface area contributed by atoms with Crippen molar-refractivity contribution < 1.29 is 27.1 Å². The third-order valence-electron chi connectivity index (χ3n) is 6.78. The van der Waals surface area contributed by atoms with E-state index in [0.717, 1.165) is 9.87 Å². The maximum atomic E-state index is 14.9. The van der Waals surface area contributed by atoms with Crippen LogP contribution in [0.25, 0.3) is 0 Å². The van der Waals surface area contributed by atoms with Crippen LogP contribution in [0.3, 0.4) is 0 Å². The van der Waals surface area contributed by atoms with E-state index in [-0.39, 0.29) is 34.9 Å². The fourth-order valence-electron chi connectivity index (χ4n) is 4.60. The van der Waals surface area contributed by atoms with Gasteiger partial charge in [-0.15, -0.1) is 0 Å². The smallest absolute Gasteiger partial charge is 0.264 e. The number of methoxy groups -OCH3 is 1. The van der Waals surface area contributed by atoms with Crippen molar-refractivity contribution in [1.29, 1.82) is 0 Å². The van der Waals surface area contributed by atoms with Gasteiger partial charge in [-0.1, -0.05) is 78.9 Å². The molecule has 218 valence electrons. The molecule has 0 saturated carbocycles. The summed E-state index contributed by atoms with van der Waals surface area (Å²) in [5.41, 5.74) is 1.10. The zero-order valence-electron chi connectivity index (χ0n) is 23.3. The highest BCUT2D eigenvalue weighted by molar-refractivity contribution is 7.92. The summed E-state index contributed by atoms with van der Waals surface area (Å²) < 4.78 is 49.2. The number of likely N-dealkylation sites (N-methyl/N-ethyl adjacent to an activating group) is 1. The molecule has 8 nitrogen and oxygen atoms in total. The number of halogens is 1. The van der Waals surface area contributed by atoms with Crippen molar-refractivity contribution in [1.82, 2.24) is 10.2 Å². The Morgan fingerprint density at radius 1 is 0.857 bits per heavy atom. The number of anilines is 1. The van der Waals surface area contributed by atoms with Gasteiger partial charge in [-0.05, 0) is 35.9 Å². The predicted octanol–water partition coefficient (Wildman–Crippen LogP) is 4.42. The van der Waals surface area contributed by atoms with Crippen LogP contribution < -0.4 is 14.4 Å². The molecule has 4 aromatic rings. The number of amides is 2. The van der Waals surface area contributed by atoms with Crippen LogP contribution in [0.2, 0.25) is 0 Å². The molecule has 4 rings (SSSR count). The van der Waals surface area contributed by atoms with E-state index in [1.807, 2.05) is 30.3 Å². The Hall–Kier alpha value is -4.70. The zero-order chi connectivity index (χ0) is 30.1. The maximum absolute atomic E-state index is 14.9. The van der Waals surface area contributed by atoms with Gasteiger partial charge in [0.1, 0.15) is 24.2 Å². The Labute approximate surface area is 245 Å². The molecule has 1 atom stereocenters. The fourth-order valence-corrected chi connectivity index (χ4v) is 6.05. The minimum atomic E-state index is -4.28. The third-order valence-corrected chi connectivity index (χ3v) is 8.55. The molecule has 42 heavy (non-hydrogen) atoms. The molecule has 0 aliphatic carbocycles. The molecule has 2 amide bonds. The van der Waals surface area contributed by atoms with Gasteiger partial charge in [-0.25, -0.2) is 12.8 Å². The van der Waals surface area contributed by atoms with Crippen molar-refractivity contribution in [2.45, 2.75) is 23.9 Å². The number of hydrogen-bond acceptors (Lipinski definition) is 5. The molecule has 0 bridgehead atoms. The van der Waals surface area contributed by atoms with Crippen LogP contribution in [0.5, 0.6) is 5.75 Å². The summed E-state index contributed by atoms with van der Waals surface area (Å²) in [6.45, 7) is -0.935. The van der Waals surface area contributed by atoms with Crippen LogP contribution in [0.15, 0.2) is 114 Å². The number of benzene rings is 4. The SMILES string of the molecule is CNC(=O)[C@@H](Cc1ccccc1)N(Cc1ccccc1F)C(=O)CN(c1ccccc1OC)S(=O)(=O)c1ccccc1. The molecule has 0 spiro atoms. The van der Waals surface area contributed by atoms with E-state index in [2.05, 4.69) is 5.32 Å². The fraction of sp³-hybridized carbons (Fsp3) is 0.188. The molecule has 0 aliphatic heterocycles. The quantitative estimate of drug-likeness (QED) is 0.264. The number of hydrogen-bond donors (Lipinski definition) is 1. The second kappa shape index (κ2) is 13.8. The van der Waals surface area contributed by atoms with Crippen molar-refractivity contribution in [3.8, 4) is 5.75 Å². The molecule has 0 aliphatic rings. The highest BCUT2D eigenvalue weighted by Gasteiger charge is 2.35. The van der Waals surface area contributed by atoms with Gasteiger partial charge >= 0.3 is 0 Å². The normalized spacial score (nSPS) is 11.8. The minimum Gasteiger partial charge on any atom is -0.495 e. The van der Waals surface area contributed by atoms with E-state index in [1.165, 1.54) is 55.5 Å². The van der Waals surface area contributed by atoms with E-state index in [4.69, 9.17) is 4.74 Å². The topological polar surface area (TPSA) is 96.0 Å². The lowest BCUT2D eigenvalue weighted by molar-refractivity contribution is -0.139. The summed E-state index contributed by atoms with van der Waals surface area (Å²) in [5.74, 6) is -1.49. The summed E-state index contributed by atoms with van der Waals surface area (Å²) in [6.07, 6.45) is 0.126. The van der Waals surface area contributed by atoms with E-state index >= 15 is 0 Å². The van der Waals surface area contributed by atoms with Crippen LogP contribution in [-0.2, 0) is 32.6 Å². The average Bonchev–Trinajstić information content (AvgIpc) is 3.02. The summed E-state index contributed by atoms with van der Waals surface area (Å²) >= 11 is 0. The molecule has 10 heteroatoms. The second-order valence-electron chi connectivity index (χ2n) is 9.43. The number of nitrogens with zero attached hydrogens (tertiary/aromatic N) is 2. The number of carbonyl (C=O) groups is 2. The Bertz CT molecular complexity index is 1620. The molecule has 0 saturated heterocycles. The monoisotopic (exact) mass is 589 g/mol. The van der Waals surface area contributed by atoms with E-state index in [1.54, 1.807) is 42.5 Å². The molecule has 0 radical (unpaired) electrons. The summed E-state index contributed by atoms with van der Waals surface area (Å²) in [5, 5.41) is 2.60. The summed E-state index contributed by atoms with van der Waals surface area (Å²) in [7, 11) is -1.42. The Balaban J connectivity index is 1.82. The van der Waals surface area contributed by atoms with Crippen LogP contribution in [-0.4, -0.2) is 51.9 Å². The van der Waals surface area contributed by atoms with Crippen molar-refractivity contribution in [3.63, 3.8) is 0 Å². The van der Waals surface area contributed by atoms with Gasteiger partial charge in [0.25, 0.3) is 10.0 Å². The first-order chi connectivity index (χ1) is 20.3.